The van der Waals surface area contributed by atoms with Gasteiger partial charge in [-0.3, -0.25) is 14.4 Å². The molecule has 1 aliphatic heterocycles. The summed E-state index contributed by atoms with van der Waals surface area (Å²) < 4.78 is 5.67. The molecule has 0 bridgehead atoms. The Morgan fingerprint density at radius 2 is 1.72 bits per heavy atom. The number of hydrogen-bond donors (Lipinski definition) is 2. The van der Waals surface area contributed by atoms with Crippen molar-refractivity contribution in [2.45, 2.75) is 50.1 Å². The Labute approximate surface area is 192 Å². The van der Waals surface area contributed by atoms with Gasteiger partial charge in [-0.1, -0.05) is 12.1 Å². The van der Waals surface area contributed by atoms with E-state index >= 15 is 0 Å². The zero-order chi connectivity index (χ0) is 23.1. The molecule has 7 nitrogen and oxygen atoms in total. The minimum atomic E-state index is -0.422. The van der Waals surface area contributed by atoms with Crippen molar-refractivity contribution in [2.24, 2.45) is 5.73 Å². The smallest absolute Gasteiger partial charge is 0.260 e. The largest absolute Gasteiger partial charge is 0.484 e. The van der Waals surface area contributed by atoms with Gasteiger partial charge in [-0.25, -0.2) is 0 Å². The Morgan fingerprint density at radius 1 is 1.06 bits per heavy atom. The molecule has 2 aromatic rings. The number of anilines is 1. The van der Waals surface area contributed by atoms with Gasteiger partial charge in [-0.05, 0) is 69.5 Å². The maximum atomic E-state index is 12.6. The molecule has 0 aliphatic carbocycles. The van der Waals surface area contributed by atoms with Crippen LogP contribution in [0.3, 0.4) is 0 Å². The lowest BCUT2D eigenvalue weighted by Crippen LogP contribution is -2.49. The number of nitrogens with zero attached hydrogens (tertiary/aromatic N) is 1. The summed E-state index contributed by atoms with van der Waals surface area (Å²) in [5.74, 6) is -0.0570. The molecule has 2 unspecified atom stereocenters. The summed E-state index contributed by atoms with van der Waals surface area (Å²) in [5.41, 5.74) is 6.28. The molecule has 8 heteroatoms. The molecule has 1 saturated heterocycles. The lowest BCUT2D eigenvalue weighted by Gasteiger charge is -2.38. The molecule has 3 rings (SSSR count). The number of ether oxygens (including phenoxy) is 1. The van der Waals surface area contributed by atoms with Crippen molar-refractivity contribution < 1.29 is 19.1 Å². The third-order valence-electron chi connectivity index (χ3n) is 5.47. The van der Waals surface area contributed by atoms with Gasteiger partial charge in [0.05, 0.1) is 11.4 Å². The number of likely N-dealkylation sites (tertiary alicyclic amines) is 1. The van der Waals surface area contributed by atoms with Gasteiger partial charge in [-0.2, -0.15) is 0 Å². The van der Waals surface area contributed by atoms with E-state index in [0.717, 1.165) is 24.2 Å². The number of amides is 3. The van der Waals surface area contributed by atoms with Crippen LogP contribution in [0.15, 0.2) is 53.4 Å². The first-order valence-corrected chi connectivity index (χ1v) is 11.7. The molecular formula is C24H29N3O4S. The molecule has 0 saturated carbocycles. The molecule has 0 spiro atoms. The van der Waals surface area contributed by atoms with Crippen LogP contribution in [0, 0.1) is 0 Å². The van der Waals surface area contributed by atoms with Crippen molar-refractivity contribution in [1.82, 2.24) is 4.90 Å². The quantitative estimate of drug-likeness (QED) is 0.591. The Hall–Kier alpha value is -3.00. The second-order valence-corrected chi connectivity index (χ2v) is 8.97. The van der Waals surface area contributed by atoms with E-state index in [2.05, 4.69) is 19.2 Å². The number of nitrogens with one attached hydrogen (secondary N) is 1. The summed E-state index contributed by atoms with van der Waals surface area (Å²) in [6.07, 6.45) is 3.18. The predicted molar refractivity (Wildman–Crippen MR) is 126 cm³/mol. The van der Waals surface area contributed by atoms with E-state index in [1.807, 2.05) is 23.1 Å². The number of hydrogen-bond acceptors (Lipinski definition) is 5. The normalized spacial score (nSPS) is 18.1. The number of nitrogens with two attached hydrogens (primary N) is 1. The highest BCUT2D eigenvalue weighted by atomic mass is 32.2. The molecule has 3 N–H and O–H groups in total. The Kier molecular flexibility index (Phi) is 8.16. The van der Waals surface area contributed by atoms with Gasteiger partial charge in [0.25, 0.3) is 11.8 Å². The number of thioether (sulfide) groups is 1. The number of piperidine rings is 1. The van der Waals surface area contributed by atoms with Crippen LogP contribution in [0.5, 0.6) is 5.75 Å². The fraction of sp³-hybridized carbons (Fsp3) is 0.375. The van der Waals surface area contributed by atoms with E-state index in [1.165, 1.54) is 11.8 Å². The molecule has 1 aliphatic rings. The molecule has 0 radical (unpaired) electrons. The van der Waals surface area contributed by atoms with E-state index in [0.29, 0.717) is 17.0 Å². The van der Waals surface area contributed by atoms with E-state index in [9.17, 15) is 14.4 Å². The van der Waals surface area contributed by atoms with Crippen LogP contribution in [0.2, 0.25) is 0 Å². The maximum Gasteiger partial charge on any atom is 0.260 e. The first kappa shape index (κ1) is 23.7. The topological polar surface area (TPSA) is 102 Å². The fourth-order valence-electron chi connectivity index (χ4n) is 3.87. The average molecular weight is 456 g/mol. The van der Waals surface area contributed by atoms with Crippen molar-refractivity contribution >= 4 is 35.2 Å². The molecule has 0 aromatic heterocycles. The summed E-state index contributed by atoms with van der Waals surface area (Å²) in [6, 6.07) is 14.3. The molecule has 1 fully saturated rings. The third kappa shape index (κ3) is 6.26. The van der Waals surface area contributed by atoms with Crippen LogP contribution in [0.1, 0.15) is 43.5 Å². The number of carbonyl (C=O) groups excluding carboxylic acids is 3. The standard InChI is InChI=1S/C24H29N3O4S/c1-16-6-5-7-17(2)27(16)23(29)14-31-19-12-10-18(11-13-19)24(30)26-20-8-3-4-9-21(20)32-15-22(25)28/h3-4,8-13,16-17H,5-7,14-15H2,1-2H3,(H2,25,28)(H,26,30). The molecule has 3 amide bonds. The molecular weight excluding hydrogens is 426 g/mol. The Bertz CT molecular complexity index is 954. The maximum absolute atomic E-state index is 12.6. The number of primary amides is 1. The minimum absolute atomic E-state index is 0.0170. The van der Waals surface area contributed by atoms with Crippen LogP contribution >= 0.6 is 11.8 Å². The first-order valence-electron chi connectivity index (χ1n) is 10.7. The summed E-state index contributed by atoms with van der Waals surface area (Å²) in [4.78, 5) is 39.0. The van der Waals surface area contributed by atoms with Gasteiger partial charge < -0.3 is 20.7 Å². The minimum Gasteiger partial charge on any atom is -0.484 e. The van der Waals surface area contributed by atoms with Crippen molar-refractivity contribution in [3.05, 3.63) is 54.1 Å². The van der Waals surface area contributed by atoms with Gasteiger partial charge in [0.15, 0.2) is 6.61 Å². The lowest BCUT2D eigenvalue weighted by atomic mass is 9.97. The third-order valence-corrected chi connectivity index (χ3v) is 6.56. The molecule has 32 heavy (non-hydrogen) atoms. The molecule has 2 atom stereocenters. The SMILES string of the molecule is CC1CCCC(C)N1C(=O)COc1ccc(C(=O)Nc2ccccc2SCC(N)=O)cc1. The van der Waals surface area contributed by atoms with Crippen molar-refractivity contribution in [3.8, 4) is 5.75 Å². The van der Waals surface area contributed by atoms with Gasteiger partial charge in [-0.15, -0.1) is 11.8 Å². The first-order chi connectivity index (χ1) is 15.3. The fourth-order valence-corrected chi connectivity index (χ4v) is 4.62. The number of carbonyl (C=O) groups is 3. The Morgan fingerprint density at radius 3 is 2.38 bits per heavy atom. The highest BCUT2D eigenvalue weighted by molar-refractivity contribution is 8.00. The van der Waals surface area contributed by atoms with E-state index in [4.69, 9.17) is 10.5 Å². The summed E-state index contributed by atoms with van der Waals surface area (Å²) in [6.45, 7) is 4.13. The second-order valence-electron chi connectivity index (χ2n) is 7.95. The van der Waals surface area contributed by atoms with Gasteiger partial charge in [0, 0.05) is 22.5 Å². The van der Waals surface area contributed by atoms with Crippen molar-refractivity contribution in [3.63, 3.8) is 0 Å². The highest BCUT2D eigenvalue weighted by Gasteiger charge is 2.29. The monoisotopic (exact) mass is 455 g/mol. The van der Waals surface area contributed by atoms with Gasteiger partial charge in [0.1, 0.15) is 5.75 Å². The molecule has 2 aromatic carbocycles. The van der Waals surface area contributed by atoms with Crippen molar-refractivity contribution in [1.29, 1.82) is 0 Å². The van der Waals surface area contributed by atoms with Gasteiger partial charge >= 0.3 is 0 Å². The van der Waals surface area contributed by atoms with Gasteiger partial charge in [0.2, 0.25) is 5.91 Å². The summed E-state index contributed by atoms with van der Waals surface area (Å²) in [7, 11) is 0. The van der Waals surface area contributed by atoms with E-state index < -0.39 is 5.91 Å². The zero-order valence-electron chi connectivity index (χ0n) is 18.4. The molecule has 1 heterocycles. The predicted octanol–water partition coefficient (Wildman–Crippen LogP) is 3.68. The summed E-state index contributed by atoms with van der Waals surface area (Å²) >= 11 is 1.27. The number of benzene rings is 2. The highest BCUT2D eigenvalue weighted by Crippen LogP contribution is 2.27. The van der Waals surface area contributed by atoms with Crippen LogP contribution < -0.4 is 15.8 Å². The average Bonchev–Trinajstić information content (AvgIpc) is 2.77. The van der Waals surface area contributed by atoms with Crippen LogP contribution in [0.4, 0.5) is 5.69 Å². The van der Waals surface area contributed by atoms with Crippen LogP contribution in [-0.2, 0) is 9.59 Å². The van der Waals surface area contributed by atoms with Crippen molar-refractivity contribution in [2.75, 3.05) is 17.7 Å². The molecule has 170 valence electrons. The van der Waals surface area contributed by atoms with Crippen LogP contribution in [-0.4, -0.2) is 47.1 Å². The summed E-state index contributed by atoms with van der Waals surface area (Å²) in [5, 5.41) is 2.86. The number of para-hydroxylation sites is 1. The second kappa shape index (κ2) is 11.0. The Balaban J connectivity index is 1.57. The number of rotatable bonds is 8. The van der Waals surface area contributed by atoms with E-state index in [1.54, 1.807) is 30.3 Å². The van der Waals surface area contributed by atoms with Crippen LogP contribution in [0.25, 0.3) is 0 Å². The van der Waals surface area contributed by atoms with E-state index in [-0.39, 0.29) is 36.3 Å². The zero-order valence-corrected chi connectivity index (χ0v) is 19.2. The lowest BCUT2D eigenvalue weighted by molar-refractivity contribution is -0.139.